The van der Waals surface area contributed by atoms with Crippen LogP contribution in [-0.4, -0.2) is 87.8 Å². The Morgan fingerprint density at radius 2 is 1.68 bits per heavy atom. The monoisotopic (exact) mass is 597 g/mol. The van der Waals surface area contributed by atoms with Gasteiger partial charge in [0.15, 0.2) is 0 Å². The minimum Gasteiger partial charge on any atom is -0.492 e. The van der Waals surface area contributed by atoms with Crippen LogP contribution >= 0.6 is 11.6 Å². The Balaban J connectivity index is 1.41. The minimum absolute atomic E-state index is 0.0297. The molecule has 11 heteroatoms. The third-order valence-corrected chi connectivity index (χ3v) is 10.4. The molecule has 3 aliphatic rings. The summed E-state index contributed by atoms with van der Waals surface area (Å²) in [5.74, 6) is -2.29. The van der Waals surface area contributed by atoms with Gasteiger partial charge in [-0.1, -0.05) is 29.8 Å². The van der Waals surface area contributed by atoms with Gasteiger partial charge in [-0.3, -0.25) is 0 Å². The summed E-state index contributed by atoms with van der Waals surface area (Å²) >= 11 is 6.06. The van der Waals surface area contributed by atoms with Crippen LogP contribution in [0.5, 0.6) is 5.75 Å². The van der Waals surface area contributed by atoms with E-state index >= 15 is 0 Å². The molecule has 0 amide bonds. The first-order valence-corrected chi connectivity index (χ1v) is 15.8. The van der Waals surface area contributed by atoms with Crippen LogP contribution in [0, 0.1) is 5.41 Å². The number of halogens is 3. The molecule has 1 atom stereocenters. The summed E-state index contributed by atoms with van der Waals surface area (Å²) in [5.41, 5.74) is 1.39. The number of nitrogens with one attached hydrogen (secondary N) is 1. The number of hydrogen-bond donors (Lipinski definition) is 2. The lowest BCUT2D eigenvalue weighted by Crippen LogP contribution is -2.53. The number of fused-ring (bicyclic) bond motifs is 1. The highest BCUT2D eigenvalue weighted by Gasteiger charge is 2.42. The van der Waals surface area contributed by atoms with Crippen molar-refractivity contribution in [3.8, 4) is 16.9 Å². The van der Waals surface area contributed by atoms with E-state index in [0.29, 0.717) is 37.6 Å². The van der Waals surface area contributed by atoms with E-state index in [1.807, 2.05) is 24.1 Å². The zero-order chi connectivity index (χ0) is 28.5. The number of piperidine rings is 1. The first kappa shape index (κ1) is 29.7. The number of likely N-dealkylation sites (N-methyl/N-ethyl adjacent to an activating group) is 1. The summed E-state index contributed by atoms with van der Waals surface area (Å²) in [5, 5.41) is 11.2. The molecule has 0 radical (unpaired) electrons. The van der Waals surface area contributed by atoms with Crippen LogP contribution in [-0.2, 0) is 10.0 Å². The molecule has 7 nitrogen and oxygen atoms in total. The molecule has 5 rings (SSSR count). The van der Waals surface area contributed by atoms with Crippen LogP contribution < -0.4 is 9.46 Å². The van der Waals surface area contributed by atoms with Crippen molar-refractivity contribution in [3.05, 3.63) is 47.5 Å². The van der Waals surface area contributed by atoms with Crippen molar-refractivity contribution in [1.29, 1.82) is 0 Å². The van der Waals surface area contributed by atoms with Crippen molar-refractivity contribution >= 4 is 21.6 Å². The molecule has 0 bridgehead atoms. The molecular weight excluding hydrogens is 560 g/mol. The fraction of sp³-hybridized carbons (Fsp3) is 0.586. The molecule has 2 N–H and O–H groups in total. The Bertz CT molecular complexity index is 1280. The highest BCUT2D eigenvalue weighted by atomic mass is 35.5. The first-order valence-electron chi connectivity index (χ1n) is 13.9. The van der Waals surface area contributed by atoms with Crippen molar-refractivity contribution in [1.82, 2.24) is 14.5 Å². The number of rotatable bonds is 2. The van der Waals surface area contributed by atoms with Crippen molar-refractivity contribution in [2.75, 3.05) is 46.4 Å². The standard InChI is InChI=1S/C29H38ClF2N3O4S/c1-34-18-25(36)17-33-40(37,38)27-7-4-22(21-2-5-23(30)6-3-21)16-26(27)39-20-28(19-34)12-14-35(15-13-28)24-8-10-29(31,32)11-9-24/h2-7,16,24-25,33,36H,8-15,17-20H2,1H3. The Labute approximate surface area is 240 Å². The van der Waals surface area contributed by atoms with Gasteiger partial charge in [0, 0.05) is 49.0 Å². The van der Waals surface area contributed by atoms with E-state index in [9.17, 15) is 22.3 Å². The second kappa shape index (κ2) is 11.8. The van der Waals surface area contributed by atoms with Crippen LogP contribution in [0.25, 0.3) is 11.1 Å². The number of likely N-dealkylation sites (tertiary alicyclic amines) is 1. The molecular formula is C29H38ClF2N3O4S. The van der Waals surface area contributed by atoms with Crippen LogP contribution in [0.1, 0.15) is 38.5 Å². The minimum atomic E-state index is -3.94. The summed E-state index contributed by atoms with van der Waals surface area (Å²) in [4.78, 5) is 4.40. The van der Waals surface area contributed by atoms with E-state index in [1.165, 1.54) is 0 Å². The van der Waals surface area contributed by atoms with Gasteiger partial charge in [0.25, 0.3) is 0 Å². The number of hydrogen-bond acceptors (Lipinski definition) is 6. The summed E-state index contributed by atoms with van der Waals surface area (Å²) in [6.45, 7) is 2.71. The number of nitrogens with zero attached hydrogens (tertiary/aromatic N) is 2. The molecule has 1 saturated heterocycles. The molecule has 0 aromatic heterocycles. The third-order valence-electron chi connectivity index (χ3n) is 8.64. The molecule has 1 unspecified atom stereocenters. The smallest absolute Gasteiger partial charge is 0.248 e. The maximum atomic E-state index is 13.7. The number of aliphatic hydroxyl groups is 1. The topological polar surface area (TPSA) is 82.1 Å². The van der Waals surface area contributed by atoms with Crippen molar-refractivity contribution in [2.45, 2.75) is 61.5 Å². The Morgan fingerprint density at radius 3 is 2.35 bits per heavy atom. The lowest BCUT2D eigenvalue weighted by atomic mass is 9.77. The van der Waals surface area contributed by atoms with E-state index in [1.54, 1.807) is 30.3 Å². The lowest BCUT2D eigenvalue weighted by Gasteiger charge is -2.47. The van der Waals surface area contributed by atoms with Crippen molar-refractivity contribution < 1.29 is 27.0 Å². The summed E-state index contributed by atoms with van der Waals surface area (Å²) < 4.78 is 62.9. The summed E-state index contributed by atoms with van der Waals surface area (Å²) in [7, 11) is -2.02. The molecule has 1 aliphatic carbocycles. The molecule has 2 aliphatic heterocycles. The zero-order valence-electron chi connectivity index (χ0n) is 22.8. The highest BCUT2D eigenvalue weighted by Crippen LogP contribution is 2.40. The van der Waals surface area contributed by atoms with E-state index < -0.39 is 22.0 Å². The molecule has 2 fully saturated rings. The van der Waals surface area contributed by atoms with Gasteiger partial charge in [0.1, 0.15) is 10.6 Å². The molecule has 1 spiro atoms. The fourth-order valence-corrected chi connectivity index (χ4v) is 7.67. The van der Waals surface area contributed by atoms with Gasteiger partial charge in [-0.25, -0.2) is 21.9 Å². The van der Waals surface area contributed by atoms with E-state index in [0.717, 1.165) is 37.1 Å². The summed E-state index contributed by atoms with van der Waals surface area (Å²) in [6, 6.07) is 12.5. The zero-order valence-corrected chi connectivity index (χ0v) is 24.4. The Hall–Kier alpha value is -1.82. The normalized spacial score (nSPS) is 26.3. The average molecular weight is 598 g/mol. The lowest BCUT2D eigenvalue weighted by molar-refractivity contribution is -0.0640. The second-order valence-corrected chi connectivity index (χ2v) is 14.0. The molecule has 220 valence electrons. The molecule has 1 saturated carbocycles. The van der Waals surface area contributed by atoms with Gasteiger partial charge >= 0.3 is 0 Å². The van der Waals surface area contributed by atoms with Crippen molar-refractivity contribution in [3.63, 3.8) is 0 Å². The molecule has 2 heterocycles. The number of ether oxygens (including phenoxy) is 1. The van der Waals surface area contributed by atoms with Gasteiger partial charge < -0.3 is 19.6 Å². The maximum Gasteiger partial charge on any atom is 0.248 e. The molecule has 2 aromatic rings. The second-order valence-electron chi connectivity index (χ2n) is 11.8. The van der Waals surface area contributed by atoms with Gasteiger partial charge in [-0.2, -0.15) is 0 Å². The SMILES string of the molecule is CN1CC(O)CNS(=O)(=O)c2ccc(-c3ccc(Cl)cc3)cc2OCC2(CCN(C3CCC(F)(F)CC3)CC2)C1. The highest BCUT2D eigenvalue weighted by molar-refractivity contribution is 7.89. The number of benzene rings is 2. The molecule has 2 aromatic carbocycles. The average Bonchev–Trinajstić information content (AvgIpc) is 2.91. The Kier molecular flexibility index (Phi) is 8.76. The predicted octanol–water partition coefficient (Wildman–Crippen LogP) is 4.63. The quantitative estimate of drug-likeness (QED) is 0.525. The molecule has 40 heavy (non-hydrogen) atoms. The number of sulfonamides is 1. The van der Waals surface area contributed by atoms with E-state index in [2.05, 4.69) is 9.62 Å². The largest absolute Gasteiger partial charge is 0.492 e. The van der Waals surface area contributed by atoms with Crippen molar-refractivity contribution in [2.24, 2.45) is 5.41 Å². The predicted molar refractivity (Wildman–Crippen MR) is 152 cm³/mol. The fourth-order valence-electron chi connectivity index (χ4n) is 6.34. The van der Waals surface area contributed by atoms with Gasteiger partial charge in [0.05, 0.1) is 12.7 Å². The van der Waals surface area contributed by atoms with Gasteiger partial charge in [-0.15, -0.1) is 0 Å². The van der Waals surface area contributed by atoms with Crippen LogP contribution in [0.2, 0.25) is 5.02 Å². The van der Waals surface area contributed by atoms with Crippen LogP contribution in [0.4, 0.5) is 8.78 Å². The van der Waals surface area contributed by atoms with Gasteiger partial charge in [0.2, 0.25) is 15.9 Å². The number of β-amino-alcohol motifs (C(OH)–C–C–N with tert-alkyl or cyclic N) is 1. The third kappa shape index (κ3) is 6.97. The maximum absolute atomic E-state index is 13.7. The van der Waals surface area contributed by atoms with E-state index in [4.69, 9.17) is 16.3 Å². The van der Waals surface area contributed by atoms with Crippen LogP contribution in [0.15, 0.2) is 47.4 Å². The van der Waals surface area contributed by atoms with Gasteiger partial charge in [-0.05, 0) is 81.2 Å². The number of aliphatic hydroxyl groups excluding tert-OH is 1. The first-order chi connectivity index (χ1) is 18.9. The summed E-state index contributed by atoms with van der Waals surface area (Å²) in [6.07, 6.45) is 1.60. The van der Waals surface area contributed by atoms with E-state index in [-0.39, 0.29) is 41.5 Å². The number of alkyl halides is 2. The Morgan fingerprint density at radius 1 is 1.02 bits per heavy atom. The van der Waals surface area contributed by atoms with Crippen LogP contribution in [0.3, 0.4) is 0 Å².